The average molecular weight is 713 g/mol. The maximum Gasteiger partial charge on any atom is 0.234 e. The Balaban J connectivity index is 0.818. The first-order chi connectivity index (χ1) is 25.9. The van der Waals surface area contributed by atoms with Crippen molar-refractivity contribution in [1.29, 1.82) is 5.26 Å². The summed E-state index contributed by atoms with van der Waals surface area (Å²) < 4.78 is 3.50. The lowest BCUT2D eigenvalue weighted by Gasteiger charge is -2.37. The fourth-order valence-electron chi connectivity index (χ4n) is 8.07. The molecule has 4 aromatic heterocycles. The molecule has 5 aromatic rings. The zero-order chi connectivity index (χ0) is 36.3. The summed E-state index contributed by atoms with van der Waals surface area (Å²) in [6.45, 7) is 8.01. The predicted octanol–water partition coefficient (Wildman–Crippen LogP) is 4.71. The van der Waals surface area contributed by atoms with Crippen LogP contribution in [0, 0.1) is 17.2 Å². The first kappa shape index (κ1) is 34.4. The maximum atomic E-state index is 12.3. The van der Waals surface area contributed by atoms with Gasteiger partial charge in [0.15, 0.2) is 11.5 Å². The van der Waals surface area contributed by atoms with E-state index in [4.69, 9.17) is 4.98 Å². The molecule has 272 valence electrons. The third kappa shape index (κ3) is 7.34. The van der Waals surface area contributed by atoms with Crippen molar-refractivity contribution in [3.05, 3.63) is 78.0 Å². The van der Waals surface area contributed by atoms with E-state index in [0.29, 0.717) is 35.8 Å². The largest absolute Gasteiger partial charge is 0.383 e. The summed E-state index contributed by atoms with van der Waals surface area (Å²) in [6.07, 6.45) is 13.9. The van der Waals surface area contributed by atoms with Crippen LogP contribution in [-0.4, -0.2) is 90.7 Å². The number of piperazine rings is 1. The van der Waals surface area contributed by atoms with Gasteiger partial charge in [0.25, 0.3) is 0 Å². The Morgan fingerprint density at radius 1 is 0.962 bits per heavy atom. The number of amides is 2. The summed E-state index contributed by atoms with van der Waals surface area (Å²) in [5.74, 6) is 1.16. The predicted molar refractivity (Wildman–Crippen MR) is 200 cm³/mol. The molecule has 0 bridgehead atoms. The highest BCUT2D eigenvalue weighted by molar-refractivity contribution is 6.01. The van der Waals surface area contributed by atoms with Crippen molar-refractivity contribution in [3.8, 4) is 17.6 Å². The molecule has 53 heavy (non-hydrogen) atoms. The molecular weight excluding hydrogens is 669 g/mol. The fourth-order valence-corrected chi connectivity index (χ4v) is 8.07. The van der Waals surface area contributed by atoms with Crippen molar-refractivity contribution in [2.75, 3.05) is 49.5 Å². The summed E-state index contributed by atoms with van der Waals surface area (Å²) in [5.41, 5.74) is 6.04. The number of nitrogens with one attached hydrogen (secondary N) is 2. The van der Waals surface area contributed by atoms with Crippen LogP contribution in [0.25, 0.3) is 22.5 Å². The number of rotatable bonds is 10. The lowest BCUT2D eigenvalue weighted by molar-refractivity contribution is -0.134. The SMILES string of the molecule is CCNc1cc(-n2ncc3cc(C#N)cnc32)ncc1-n1cc(C2CCC(CCN3CCN(c4ccc(C5CCC(=O)NC5=O)cc4)CC3)CC2)nn1. The third-order valence-electron chi connectivity index (χ3n) is 11.1. The number of fused-ring (bicyclic) bond motifs is 1. The number of pyridine rings is 2. The Morgan fingerprint density at radius 2 is 1.77 bits per heavy atom. The molecule has 1 aromatic carbocycles. The number of aromatic nitrogens is 7. The van der Waals surface area contributed by atoms with Crippen molar-refractivity contribution < 1.29 is 9.59 Å². The second-order valence-electron chi connectivity index (χ2n) is 14.4. The van der Waals surface area contributed by atoms with Gasteiger partial charge in [0.2, 0.25) is 11.8 Å². The van der Waals surface area contributed by atoms with Gasteiger partial charge >= 0.3 is 0 Å². The second kappa shape index (κ2) is 15.1. The van der Waals surface area contributed by atoms with E-state index in [-0.39, 0.29) is 17.7 Å². The molecule has 14 nitrogen and oxygen atoms in total. The molecular formula is C39H44N12O2. The molecule has 3 aliphatic rings. The molecule has 1 atom stereocenters. The Bertz CT molecular complexity index is 2140. The molecule has 6 heterocycles. The van der Waals surface area contributed by atoms with E-state index in [9.17, 15) is 14.9 Å². The van der Waals surface area contributed by atoms with E-state index >= 15 is 0 Å². The highest BCUT2D eigenvalue weighted by Gasteiger charge is 2.29. The van der Waals surface area contributed by atoms with Gasteiger partial charge in [-0.05, 0) is 81.7 Å². The van der Waals surface area contributed by atoms with E-state index in [1.54, 1.807) is 29.3 Å². The van der Waals surface area contributed by atoms with Gasteiger partial charge in [0.05, 0.1) is 41.5 Å². The zero-order valence-corrected chi connectivity index (χ0v) is 30.0. The number of nitriles is 1. The van der Waals surface area contributed by atoms with Gasteiger partial charge in [0.1, 0.15) is 11.8 Å². The van der Waals surface area contributed by atoms with Crippen LogP contribution in [0.4, 0.5) is 11.4 Å². The molecule has 1 saturated carbocycles. The minimum Gasteiger partial charge on any atom is -0.383 e. The van der Waals surface area contributed by atoms with Crippen molar-refractivity contribution in [2.45, 2.75) is 63.7 Å². The van der Waals surface area contributed by atoms with Crippen LogP contribution in [0.5, 0.6) is 0 Å². The first-order valence-corrected chi connectivity index (χ1v) is 18.8. The Morgan fingerprint density at radius 3 is 2.53 bits per heavy atom. The molecule has 0 radical (unpaired) electrons. The van der Waals surface area contributed by atoms with Crippen LogP contribution in [-0.2, 0) is 9.59 Å². The lowest BCUT2D eigenvalue weighted by Crippen LogP contribution is -2.47. The average Bonchev–Trinajstić information content (AvgIpc) is 3.86. The number of carbonyl (C=O) groups is 2. The van der Waals surface area contributed by atoms with Crippen LogP contribution in [0.15, 0.2) is 61.2 Å². The minimum absolute atomic E-state index is 0.176. The van der Waals surface area contributed by atoms with E-state index in [0.717, 1.165) is 86.0 Å². The van der Waals surface area contributed by atoms with Crippen LogP contribution in [0.3, 0.4) is 0 Å². The van der Waals surface area contributed by atoms with Crippen molar-refractivity contribution in [3.63, 3.8) is 0 Å². The van der Waals surface area contributed by atoms with Gasteiger partial charge in [-0.15, -0.1) is 5.10 Å². The van der Waals surface area contributed by atoms with Crippen molar-refractivity contribution >= 4 is 34.2 Å². The van der Waals surface area contributed by atoms with E-state index in [2.05, 4.69) is 72.2 Å². The van der Waals surface area contributed by atoms with Crippen molar-refractivity contribution in [1.82, 2.24) is 45.0 Å². The number of piperidine rings is 1. The molecule has 2 N–H and O–H groups in total. The quantitative estimate of drug-likeness (QED) is 0.193. The molecule has 2 saturated heterocycles. The van der Waals surface area contributed by atoms with Gasteiger partial charge < -0.3 is 10.2 Å². The number of hydrogen-bond acceptors (Lipinski definition) is 11. The summed E-state index contributed by atoms with van der Waals surface area (Å²) in [5, 5.41) is 29.5. The first-order valence-electron chi connectivity index (χ1n) is 18.8. The molecule has 14 heteroatoms. The van der Waals surface area contributed by atoms with Gasteiger partial charge in [0, 0.05) is 68.4 Å². The van der Waals surface area contributed by atoms with Gasteiger partial charge in [-0.1, -0.05) is 17.3 Å². The third-order valence-corrected chi connectivity index (χ3v) is 11.1. The Hall–Kier alpha value is -5.68. The number of nitrogens with zero attached hydrogens (tertiary/aromatic N) is 10. The van der Waals surface area contributed by atoms with Crippen molar-refractivity contribution in [2.24, 2.45) is 5.92 Å². The van der Waals surface area contributed by atoms with Gasteiger partial charge in [-0.25, -0.2) is 14.6 Å². The number of anilines is 2. The van der Waals surface area contributed by atoms with E-state index in [1.165, 1.54) is 24.9 Å². The summed E-state index contributed by atoms with van der Waals surface area (Å²) >= 11 is 0. The van der Waals surface area contributed by atoms with Crippen LogP contribution < -0.4 is 15.5 Å². The number of hydrogen-bond donors (Lipinski definition) is 2. The molecule has 1 aliphatic carbocycles. The highest BCUT2D eigenvalue weighted by atomic mass is 16.2. The van der Waals surface area contributed by atoms with E-state index < -0.39 is 0 Å². The second-order valence-corrected chi connectivity index (χ2v) is 14.4. The Labute approximate surface area is 308 Å². The molecule has 1 unspecified atom stereocenters. The smallest absolute Gasteiger partial charge is 0.234 e. The zero-order valence-electron chi connectivity index (χ0n) is 30.0. The normalized spacial score (nSPS) is 21.1. The monoisotopic (exact) mass is 712 g/mol. The molecule has 2 amide bonds. The van der Waals surface area contributed by atoms with Gasteiger partial charge in [-0.2, -0.15) is 15.0 Å². The number of benzene rings is 1. The van der Waals surface area contributed by atoms with Gasteiger partial charge in [-0.3, -0.25) is 19.8 Å². The summed E-state index contributed by atoms with van der Waals surface area (Å²) in [6, 6.07) is 14.2. The topological polar surface area (TPSA) is 163 Å². The highest BCUT2D eigenvalue weighted by Crippen LogP contribution is 2.37. The standard InChI is InChI=1S/C39H44N12O2/c1-2-41-33-20-36(51-38-30(23-44-51)19-27(21-40)22-43-38)42-24-35(33)50-25-34(46-47-50)29-5-3-26(4-6-29)13-14-48-15-17-49(18-16-48)31-9-7-28(8-10-31)32-11-12-37(52)45-39(32)53/h7-10,19-20,22-26,29,32H,2-6,11-18H2,1H3,(H,41,42)(H,45,52,53). The molecule has 8 rings (SSSR count). The lowest BCUT2D eigenvalue weighted by atomic mass is 9.79. The van der Waals surface area contributed by atoms with Crippen LogP contribution in [0.1, 0.15) is 80.5 Å². The van der Waals surface area contributed by atoms with Crippen LogP contribution >= 0.6 is 0 Å². The summed E-state index contributed by atoms with van der Waals surface area (Å²) in [4.78, 5) is 38.0. The Kier molecular flexibility index (Phi) is 9.82. The molecule has 0 spiro atoms. The summed E-state index contributed by atoms with van der Waals surface area (Å²) in [7, 11) is 0. The molecule has 3 fully saturated rings. The fraction of sp³-hybridized carbons (Fsp3) is 0.436. The number of imide groups is 1. The molecule has 2 aliphatic heterocycles. The van der Waals surface area contributed by atoms with Crippen LogP contribution in [0.2, 0.25) is 0 Å². The van der Waals surface area contributed by atoms with E-state index in [1.807, 2.05) is 22.9 Å². The number of carbonyl (C=O) groups excluding carboxylic acids is 2. The minimum atomic E-state index is -0.239. The maximum absolute atomic E-state index is 12.3.